The summed E-state index contributed by atoms with van der Waals surface area (Å²) in [5, 5.41) is 13.9. The molecule has 0 aliphatic carbocycles. The van der Waals surface area contributed by atoms with Gasteiger partial charge < -0.3 is 28.8 Å². The average Bonchev–Trinajstić information content (AvgIpc) is 3.37. The lowest BCUT2D eigenvalue weighted by Crippen LogP contribution is -2.45. The number of rotatable bonds is 58. The molecule has 3 unspecified atom stereocenters. The fourth-order valence-corrected chi connectivity index (χ4v) is 9.94. The molecule has 0 aromatic rings. The number of hydrogen-bond acceptors (Lipinski definition) is 6. The monoisotopic (exact) mass is 1070 g/mol. The van der Waals surface area contributed by atoms with Crippen LogP contribution in [0.2, 0.25) is 0 Å². The van der Waals surface area contributed by atoms with Crippen molar-refractivity contribution in [3.8, 4) is 0 Å². The summed E-state index contributed by atoms with van der Waals surface area (Å²) in [6.07, 6.45) is 78.6. The Hall–Kier alpha value is -2.06. The van der Waals surface area contributed by atoms with Crippen molar-refractivity contribution in [3.05, 3.63) is 72.9 Å². The van der Waals surface area contributed by atoms with Crippen LogP contribution in [0.3, 0.4) is 0 Å². The van der Waals surface area contributed by atoms with Crippen LogP contribution in [0.1, 0.15) is 290 Å². The van der Waals surface area contributed by atoms with Crippen LogP contribution in [0, 0.1) is 0 Å². The van der Waals surface area contributed by atoms with Crippen molar-refractivity contribution in [3.63, 3.8) is 0 Å². The molecule has 3 atom stereocenters. The Kier molecular flexibility index (Phi) is 55.1. The Balaban J connectivity index is 4.18. The molecule has 438 valence electrons. The van der Waals surface area contributed by atoms with E-state index in [4.69, 9.17) is 9.05 Å². The van der Waals surface area contributed by atoms with Crippen molar-refractivity contribution in [2.24, 2.45) is 0 Å². The van der Waals surface area contributed by atoms with E-state index in [1.807, 2.05) is 27.2 Å². The number of nitrogens with zero attached hydrogens (tertiary/aromatic N) is 1. The molecule has 0 aromatic heterocycles. The quantitative estimate of drug-likeness (QED) is 0.0272. The first-order valence-corrected chi connectivity index (χ1v) is 33.3. The average molecular weight is 1070 g/mol. The third kappa shape index (κ3) is 59.4. The second kappa shape index (κ2) is 56.7. The summed E-state index contributed by atoms with van der Waals surface area (Å²) in [7, 11) is 1.25. The number of carbonyl (C=O) groups excluding carboxylic acids is 1. The second-order valence-electron chi connectivity index (χ2n) is 22.7. The third-order valence-electron chi connectivity index (χ3n) is 14.2. The Morgan fingerprint density at radius 1 is 0.480 bits per heavy atom. The number of likely N-dealkylation sites (N-methyl/N-ethyl adjacent to an activating group) is 1. The highest BCUT2D eigenvalue weighted by atomic mass is 31.2. The lowest BCUT2D eigenvalue weighted by Gasteiger charge is -2.29. The van der Waals surface area contributed by atoms with E-state index in [1.54, 1.807) is 6.08 Å². The predicted octanol–water partition coefficient (Wildman–Crippen LogP) is 19.2. The number of phosphoric acid groups is 1. The van der Waals surface area contributed by atoms with E-state index in [-0.39, 0.29) is 12.5 Å². The predicted molar refractivity (Wildman–Crippen MR) is 325 cm³/mol. The molecule has 9 heteroatoms. The maximum absolute atomic E-state index is 13.0. The summed E-state index contributed by atoms with van der Waals surface area (Å²) in [5.74, 6) is -0.207. The number of aliphatic hydroxyl groups is 1. The highest BCUT2D eigenvalue weighted by molar-refractivity contribution is 7.45. The van der Waals surface area contributed by atoms with E-state index in [2.05, 4.69) is 79.9 Å². The Morgan fingerprint density at radius 2 is 0.827 bits per heavy atom. The van der Waals surface area contributed by atoms with Crippen LogP contribution in [-0.4, -0.2) is 68.5 Å². The van der Waals surface area contributed by atoms with Crippen molar-refractivity contribution < 1.29 is 32.9 Å². The summed E-state index contributed by atoms with van der Waals surface area (Å²) in [4.78, 5) is 25.6. The van der Waals surface area contributed by atoms with Crippen molar-refractivity contribution >= 4 is 13.7 Å². The molecule has 0 aromatic carbocycles. The molecule has 2 N–H and O–H groups in total. The number of aliphatic hydroxyl groups excluding tert-OH is 1. The van der Waals surface area contributed by atoms with Crippen molar-refractivity contribution in [2.45, 2.75) is 302 Å². The van der Waals surface area contributed by atoms with Gasteiger partial charge in [-0.25, -0.2) is 0 Å². The normalized spacial score (nSPS) is 14.3. The molecule has 8 nitrogen and oxygen atoms in total. The van der Waals surface area contributed by atoms with E-state index >= 15 is 0 Å². The number of phosphoric ester groups is 1. The zero-order valence-electron chi connectivity index (χ0n) is 50.0. The lowest BCUT2D eigenvalue weighted by molar-refractivity contribution is -0.870. The maximum atomic E-state index is 13.0. The topological polar surface area (TPSA) is 108 Å². The minimum Gasteiger partial charge on any atom is -0.756 e. The van der Waals surface area contributed by atoms with Gasteiger partial charge in [-0.05, 0) is 70.6 Å². The van der Waals surface area contributed by atoms with Gasteiger partial charge in [-0.15, -0.1) is 0 Å². The summed E-state index contributed by atoms with van der Waals surface area (Å²) >= 11 is 0. The van der Waals surface area contributed by atoms with Gasteiger partial charge in [0.05, 0.1) is 39.9 Å². The number of unbranched alkanes of at least 4 members (excludes halogenated alkanes) is 35. The van der Waals surface area contributed by atoms with Crippen molar-refractivity contribution in [1.29, 1.82) is 0 Å². The number of hydrogen-bond donors (Lipinski definition) is 2. The zero-order valence-corrected chi connectivity index (χ0v) is 50.9. The van der Waals surface area contributed by atoms with Crippen molar-refractivity contribution in [1.82, 2.24) is 5.32 Å². The molecule has 0 heterocycles. The first kappa shape index (κ1) is 72.9. The van der Waals surface area contributed by atoms with Gasteiger partial charge in [-0.2, -0.15) is 0 Å². The number of allylic oxidation sites excluding steroid dienone is 11. The van der Waals surface area contributed by atoms with Crippen molar-refractivity contribution in [2.75, 3.05) is 40.9 Å². The molecule has 0 saturated heterocycles. The smallest absolute Gasteiger partial charge is 0.268 e. The van der Waals surface area contributed by atoms with Gasteiger partial charge in [0.25, 0.3) is 7.82 Å². The molecule has 0 aliphatic heterocycles. The van der Waals surface area contributed by atoms with E-state index in [9.17, 15) is 19.4 Å². The SMILES string of the molecule is CC/C=C\C/C=C\C/C=C\C/C=C\CCCCCCCCCCCCCCCCC(=O)NC(COP(=O)([O-])OCC[N+](C)(C)C)C(O)/C=C/CC/C=C/CCCCCCCCCCCCCCCCCCCCCC. The van der Waals surface area contributed by atoms with Gasteiger partial charge in [0.15, 0.2) is 0 Å². The lowest BCUT2D eigenvalue weighted by atomic mass is 10.0. The summed E-state index contributed by atoms with van der Waals surface area (Å²) in [5.41, 5.74) is 0. The maximum Gasteiger partial charge on any atom is 0.268 e. The molecule has 75 heavy (non-hydrogen) atoms. The fourth-order valence-electron chi connectivity index (χ4n) is 9.22. The Labute approximate surface area is 465 Å². The second-order valence-corrected chi connectivity index (χ2v) is 24.1. The Bertz CT molecular complexity index is 1450. The molecular formula is C66H123N2O6P. The highest BCUT2D eigenvalue weighted by Gasteiger charge is 2.23. The summed E-state index contributed by atoms with van der Waals surface area (Å²) < 4.78 is 23.4. The summed E-state index contributed by atoms with van der Waals surface area (Å²) in [6, 6.07) is -0.908. The minimum atomic E-state index is -4.61. The number of amides is 1. The van der Waals surface area contributed by atoms with Gasteiger partial charge in [0.1, 0.15) is 13.2 Å². The highest BCUT2D eigenvalue weighted by Crippen LogP contribution is 2.38. The van der Waals surface area contributed by atoms with Crippen LogP contribution in [0.15, 0.2) is 72.9 Å². The van der Waals surface area contributed by atoms with Crippen LogP contribution in [0.5, 0.6) is 0 Å². The van der Waals surface area contributed by atoms with Gasteiger partial charge in [0, 0.05) is 6.42 Å². The molecule has 0 fully saturated rings. The van der Waals surface area contributed by atoms with Crippen LogP contribution < -0.4 is 10.2 Å². The molecule has 0 saturated carbocycles. The first-order chi connectivity index (χ1) is 36.5. The van der Waals surface area contributed by atoms with Gasteiger partial charge in [-0.3, -0.25) is 9.36 Å². The molecule has 0 bridgehead atoms. The molecule has 0 aliphatic rings. The van der Waals surface area contributed by atoms with Crippen LogP contribution in [0.4, 0.5) is 0 Å². The van der Waals surface area contributed by atoms with E-state index in [1.165, 1.54) is 205 Å². The van der Waals surface area contributed by atoms with E-state index < -0.39 is 26.6 Å². The van der Waals surface area contributed by atoms with Crippen LogP contribution in [-0.2, 0) is 18.4 Å². The molecule has 1 amide bonds. The molecular weight excluding hydrogens is 948 g/mol. The largest absolute Gasteiger partial charge is 0.756 e. The van der Waals surface area contributed by atoms with E-state index in [0.29, 0.717) is 17.4 Å². The minimum absolute atomic E-state index is 0.00810. The van der Waals surface area contributed by atoms with Gasteiger partial charge in [-0.1, -0.05) is 286 Å². The molecule has 0 rings (SSSR count). The Morgan fingerprint density at radius 3 is 1.24 bits per heavy atom. The summed E-state index contributed by atoms with van der Waals surface area (Å²) in [6.45, 7) is 4.55. The fraction of sp³-hybridized carbons (Fsp3) is 0.803. The zero-order chi connectivity index (χ0) is 54.9. The molecule has 0 spiro atoms. The van der Waals surface area contributed by atoms with Crippen LogP contribution in [0.25, 0.3) is 0 Å². The number of carbonyl (C=O) groups is 1. The van der Waals surface area contributed by atoms with Crippen LogP contribution >= 0.6 is 7.82 Å². The van der Waals surface area contributed by atoms with Gasteiger partial charge >= 0.3 is 0 Å². The van der Waals surface area contributed by atoms with E-state index in [0.717, 1.165) is 64.2 Å². The van der Waals surface area contributed by atoms with Gasteiger partial charge in [0.2, 0.25) is 5.91 Å². The number of nitrogens with one attached hydrogen (secondary N) is 1. The first-order valence-electron chi connectivity index (χ1n) is 31.8. The number of quaternary nitrogens is 1. The standard InChI is InChI=1S/C66H123N2O6P/c1-6-8-10-12-14-16-18-20-22-24-26-28-30-32-34-36-38-40-42-44-46-48-50-52-54-56-58-60-66(70)67-64(63-74-75(71,72)73-62-61-68(3,4)5)65(69)59-57-55-53-51-49-47-45-43-41-39-37-35-33-31-29-27-25-23-21-19-17-15-13-11-9-7-2/h8,10,14,16,20,22,26,28,49,51,57,59,64-65,69H,6-7,9,11-13,15,17-19,21,23-25,27,29-48,50,52-56,58,60-63H2,1-5H3,(H-,67,70,71,72)/b10-8-,16-14-,22-20-,28-26-,51-49+,59-57+. The third-order valence-corrected chi connectivity index (χ3v) is 15.1. The molecule has 0 radical (unpaired) electrons.